The number of hydrogen-bond donors (Lipinski definition) is 0. The van der Waals surface area contributed by atoms with Crippen molar-refractivity contribution >= 4 is 54.5 Å². The summed E-state index contributed by atoms with van der Waals surface area (Å²) in [5.41, 5.74) is 11.9. The van der Waals surface area contributed by atoms with Crippen LogP contribution in [0.15, 0.2) is 206 Å². The predicted molar refractivity (Wildman–Crippen MR) is 242 cm³/mol. The minimum absolute atomic E-state index is 0.627. The maximum absolute atomic E-state index is 5.03. The number of fused-ring (bicyclic) bond motifs is 8. The minimum Gasteiger partial charge on any atom is -0.317 e. The van der Waals surface area contributed by atoms with E-state index in [0.717, 1.165) is 44.8 Å². The van der Waals surface area contributed by atoms with E-state index in [1.54, 1.807) is 0 Å². The third-order valence-electron chi connectivity index (χ3n) is 11.5. The van der Waals surface area contributed by atoms with Gasteiger partial charge in [-0.15, -0.1) is 0 Å². The number of aromatic nitrogens is 6. The second-order valence-corrected chi connectivity index (χ2v) is 14.9. The molecular formula is C53H34N6. The summed E-state index contributed by atoms with van der Waals surface area (Å²) in [6.07, 6.45) is 2.17. The van der Waals surface area contributed by atoms with E-state index in [2.05, 4.69) is 159 Å². The Labute approximate surface area is 339 Å². The first-order valence-electron chi connectivity index (χ1n) is 19.9. The van der Waals surface area contributed by atoms with Gasteiger partial charge in [0.05, 0.1) is 27.6 Å². The van der Waals surface area contributed by atoms with Crippen LogP contribution in [0.5, 0.6) is 0 Å². The molecule has 6 heteroatoms. The van der Waals surface area contributed by atoms with Gasteiger partial charge in [0, 0.05) is 66.9 Å². The molecule has 0 N–H and O–H groups in total. The summed E-state index contributed by atoms with van der Waals surface area (Å²) >= 11 is 0. The standard InChI is InChI=1S/C53H34N6/c1-5-15-35(16-6-1)51-54-52(36-17-7-2-8-18-36)56-53(55-51)37-25-27-41(28-26-37)59-48-33-38-31-32-57(39-19-9-3-10-20-39)47(38)34-45(48)44-30-29-43-42-23-13-14-24-46(42)58(49(43)50(44)59)40-21-11-4-12-22-40/h1-34H. The lowest BCUT2D eigenvalue weighted by Crippen LogP contribution is -2.01. The van der Waals surface area contributed by atoms with Gasteiger partial charge in [0.1, 0.15) is 0 Å². The molecule has 0 bridgehead atoms. The van der Waals surface area contributed by atoms with Gasteiger partial charge < -0.3 is 13.7 Å². The molecule has 12 aromatic rings. The van der Waals surface area contributed by atoms with E-state index < -0.39 is 0 Å². The molecule has 0 atom stereocenters. The van der Waals surface area contributed by atoms with Crippen molar-refractivity contribution in [2.24, 2.45) is 0 Å². The first-order valence-corrected chi connectivity index (χ1v) is 19.9. The molecule has 0 aliphatic carbocycles. The fourth-order valence-corrected chi connectivity index (χ4v) is 8.80. The normalized spacial score (nSPS) is 11.7. The van der Waals surface area contributed by atoms with Gasteiger partial charge in [-0.2, -0.15) is 0 Å². The Hall–Kier alpha value is -8.09. The molecule has 4 aromatic heterocycles. The lowest BCUT2D eigenvalue weighted by molar-refractivity contribution is 1.07. The Balaban J connectivity index is 1.13. The van der Waals surface area contributed by atoms with E-state index in [4.69, 9.17) is 15.0 Å². The third kappa shape index (κ3) is 5.31. The molecule has 8 aromatic carbocycles. The molecule has 0 aliphatic rings. The van der Waals surface area contributed by atoms with E-state index >= 15 is 0 Å². The van der Waals surface area contributed by atoms with Gasteiger partial charge in [0.2, 0.25) is 0 Å². The van der Waals surface area contributed by atoms with Crippen LogP contribution in [0.4, 0.5) is 0 Å². The summed E-state index contributed by atoms with van der Waals surface area (Å²) < 4.78 is 7.17. The van der Waals surface area contributed by atoms with Gasteiger partial charge >= 0.3 is 0 Å². The Bertz CT molecular complexity index is 3450. The van der Waals surface area contributed by atoms with Gasteiger partial charge in [-0.25, -0.2) is 15.0 Å². The van der Waals surface area contributed by atoms with Crippen molar-refractivity contribution in [2.75, 3.05) is 0 Å². The fraction of sp³-hybridized carbons (Fsp3) is 0. The zero-order valence-electron chi connectivity index (χ0n) is 31.8. The molecule has 0 amide bonds. The SMILES string of the molecule is c1ccc(-c2nc(-c3ccccc3)nc(-c3ccc(-n4c5cc6ccn(-c7ccccc7)c6cc5c5ccc6c7ccccc7n(-c7ccccc7)c6c54)cc3)n2)cc1. The van der Waals surface area contributed by atoms with Gasteiger partial charge in [-0.05, 0) is 72.8 Å². The Morgan fingerprint density at radius 3 is 1.39 bits per heavy atom. The van der Waals surface area contributed by atoms with E-state index in [0.29, 0.717) is 17.5 Å². The van der Waals surface area contributed by atoms with Crippen molar-refractivity contribution in [2.45, 2.75) is 0 Å². The van der Waals surface area contributed by atoms with Crippen molar-refractivity contribution in [3.8, 4) is 51.2 Å². The predicted octanol–water partition coefficient (Wildman–Crippen LogP) is 13.0. The molecule has 0 fully saturated rings. The zero-order valence-corrected chi connectivity index (χ0v) is 31.8. The van der Waals surface area contributed by atoms with Crippen LogP contribution in [0.3, 0.4) is 0 Å². The molecule has 0 saturated carbocycles. The number of benzene rings is 8. The van der Waals surface area contributed by atoms with Crippen LogP contribution in [0.2, 0.25) is 0 Å². The van der Waals surface area contributed by atoms with Crippen LogP contribution in [-0.2, 0) is 0 Å². The van der Waals surface area contributed by atoms with Crippen LogP contribution in [0.25, 0.3) is 106 Å². The highest BCUT2D eigenvalue weighted by Crippen LogP contribution is 2.43. The smallest absolute Gasteiger partial charge is 0.164 e. The largest absolute Gasteiger partial charge is 0.317 e. The summed E-state index contributed by atoms with van der Waals surface area (Å²) in [7, 11) is 0. The van der Waals surface area contributed by atoms with Gasteiger partial charge in [-0.3, -0.25) is 0 Å². The lowest BCUT2D eigenvalue weighted by atomic mass is 10.1. The molecule has 0 spiro atoms. The van der Waals surface area contributed by atoms with Gasteiger partial charge in [0.15, 0.2) is 17.5 Å². The molecule has 4 heterocycles. The minimum atomic E-state index is 0.627. The van der Waals surface area contributed by atoms with Crippen LogP contribution < -0.4 is 0 Å². The average molecular weight is 755 g/mol. The highest BCUT2D eigenvalue weighted by Gasteiger charge is 2.22. The number of hydrogen-bond acceptors (Lipinski definition) is 3. The first kappa shape index (κ1) is 33.1. The molecule has 276 valence electrons. The first-order chi connectivity index (χ1) is 29.3. The van der Waals surface area contributed by atoms with Crippen molar-refractivity contribution in [1.29, 1.82) is 0 Å². The van der Waals surface area contributed by atoms with E-state index in [1.165, 1.54) is 43.5 Å². The van der Waals surface area contributed by atoms with E-state index in [1.807, 2.05) is 60.7 Å². The highest BCUT2D eigenvalue weighted by atomic mass is 15.1. The number of rotatable bonds is 6. The van der Waals surface area contributed by atoms with Crippen LogP contribution in [-0.4, -0.2) is 28.7 Å². The van der Waals surface area contributed by atoms with E-state index in [-0.39, 0.29) is 0 Å². The summed E-state index contributed by atoms with van der Waals surface area (Å²) in [5, 5.41) is 5.99. The fourth-order valence-electron chi connectivity index (χ4n) is 8.80. The summed E-state index contributed by atoms with van der Waals surface area (Å²) in [4.78, 5) is 15.0. The summed E-state index contributed by atoms with van der Waals surface area (Å²) in [6.45, 7) is 0. The highest BCUT2D eigenvalue weighted by molar-refractivity contribution is 6.25. The molecule has 0 aliphatic heterocycles. The Kier molecular flexibility index (Phi) is 7.43. The lowest BCUT2D eigenvalue weighted by Gasteiger charge is -2.13. The van der Waals surface area contributed by atoms with Crippen molar-refractivity contribution in [1.82, 2.24) is 28.7 Å². The molecule has 0 saturated heterocycles. The van der Waals surface area contributed by atoms with Crippen molar-refractivity contribution in [3.05, 3.63) is 206 Å². The Morgan fingerprint density at radius 2 is 0.780 bits per heavy atom. The topological polar surface area (TPSA) is 53.5 Å². The molecule has 6 nitrogen and oxygen atoms in total. The molecular weight excluding hydrogens is 721 g/mol. The maximum Gasteiger partial charge on any atom is 0.164 e. The zero-order chi connectivity index (χ0) is 38.9. The van der Waals surface area contributed by atoms with Crippen LogP contribution in [0.1, 0.15) is 0 Å². The molecule has 59 heavy (non-hydrogen) atoms. The molecule has 12 rings (SSSR count). The van der Waals surface area contributed by atoms with E-state index in [9.17, 15) is 0 Å². The van der Waals surface area contributed by atoms with Crippen molar-refractivity contribution < 1.29 is 0 Å². The number of para-hydroxylation sites is 3. The summed E-state index contributed by atoms with van der Waals surface area (Å²) in [6, 6.07) is 70.5. The summed E-state index contributed by atoms with van der Waals surface area (Å²) in [5.74, 6) is 1.91. The van der Waals surface area contributed by atoms with Crippen LogP contribution in [0, 0.1) is 0 Å². The van der Waals surface area contributed by atoms with Gasteiger partial charge in [0.25, 0.3) is 0 Å². The quantitative estimate of drug-likeness (QED) is 0.170. The molecule has 0 radical (unpaired) electrons. The van der Waals surface area contributed by atoms with Crippen molar-refractivity contribution in [3.63, 3.8) is 0 Å². The maximum atomic E-state index is 5.03. The van der Waals surface area contributed by atoms with Crippen LogP contribution >= 0.6 is 0 Å². The molecule has 0 unspecified atom stereocenters. The van der Waals surface area contributed by atoms with Gasteiger partial charge in [-0.1, -0.05) is 127 Å². The monoisotopic (exact) mass is 754 g/mol. The number of nitrogens with zero attached hydrogens (tertiary/aromatic N) is 6. The average Bonchev–Trinajstić information content (AvgIpc) is 3.99. The second kappa shape index (κ2) is 13.3. The third-order valence-corrected chi connectivity index (χ3v) is 11.5. The second-order valence-electron chi connectivity index (χ2n) is 14.9. The Morgan fingerprint density at radius 1 is 0.305 bits per heavy atom.